The summed E-state index contributed by atoms with van der Waals surface area (Å²) in [5.74, 6) is -2.19. The third-order valence-electron chi connectivity index (χ3n) is 10.1. The molecule has 8 rings (SSSR count). The second-order valence-corrected chi connectivity index (χ2v) is 15.3. The van der Waals surface area contributed by atoms with Crippen LogP contribution < -0.4 is 0 Å². The van der Waals surface area contributed by atoms with E-state index in [0.29, 0.717) is 22.8 Å². The van der Waals surface area contributed by atoms with E-state index in [9.17, 15) is 5.11 Å². The first-order valence-corrected chi connectivity index (χ1v) is 18.5. The molecule has 60 heavy (non-hydrogen) atoms. The van der Waals surface area contributed by atoms with Crippen molar-refractivity contribution in [1.82, 2.24) is 14.5 Å². The number of fused-ring (bicyclic) bond motifs is 1. The number of hydrogen-bond acceptors (Lipinski definition) is 3. The van der Waals surface area contributed by atoms with Crippen LogP contribution in [0.15, 0.2) is 140 Å². The van der Waals surface area contributed by atoms with Crippen LogP contribution in [-0.4, -0.2) is 19.6 Å². The van der Waals surface area contributed by atoms with Gasteiger partial charge in [-0.25, -0.2) is 4.98 Å². The number of pyridine rings is 1. The zero-order valence-corrected chi connectivity index (χ0v) is 34.8. The van der Waals surface area contributed by atoms with Crippen LogP contribution in [0, 0.1) is 12.9 Å². The summed E-state index contributed by atoms with van der Waals surface area (Å²) < 4.78 is 226. The minimum absolute atomic E-state index is 0. The van der Waals surface area contributed by atoms with Crippen molar-refractivity contribution in [3.63, 3.8) is 0 Å². The van der Waals surface area contributed by atoms with Crippen molar-refractivity contribution in [2.45, 2.75) is 85.0 Å². The van der Waals surface area contributed by atoms with E-state index in [1.807, 2.05) is 20.8 Å². The average Bonchev–Trinajstić information content (AvgIpc) is 0.763. The molecule has 0 radical (unpaired) electrons. The van der Waals surface area contributed by atoms with Gasteiger partial charge in [-0.2, -0.15) is 0 Å². The number of benzene rings is 6. The summed E-state index contributed by atoms with van der Waals surface area (Å²) in [7, 11) is 0. The number of aryl methyl sites for hydroxylation is 1. The number of phenolic OH excluding ortho intramolecular Hbond substituents is 1. The second kappa shape index (κ2) is 16.1. The van der Waals surface area contributed by atoms with E-state index in [2.05, 4.69) is 11.1 Å². The van der Waals surface area contributed by atoms with E-state index in [1.54, 1.807) is 48.5 Å². The van der Waals surface area contributed by atoms with Crippen molar-refractivity contribution < 1.29 is 61.8 Å². The second-order valence-electron chi connectivity index (χ2n) is 15.3. The molecule has 0 unspecified atom stereocenters. The monoisotopic (exact) mass is 994 g/mol. The van der Waals surface area contributed by atoms with Crippen molar-refractivity contribution in [3.05, 3.63) is 168 Å². The molecule has 0 atom stereocenters. The van der Waals surface area contributed by atoms with Crippen LogP contribution >= 0.6 is 0 Å². The largest absolute Gasteiger partial charge is 0.507 e. The van der Waals surface area contributed by atoms with E-state index < -0.39 is 123 Å². The maximum Gasteiger partial charge on any atom is 0.148 e. The van der Waals surface area contributed by atoms with Crippen LogP contribution in [0.5, 0.6) is 5.75 Å². The van der Waals surface area contributed by atoms with Gasteiger partial charge in [0.05, 0.1) is 23.5 Å². The number of hydrogen-bond donors (Lipinski definition) is 1. The minimum atomic E-state index is -4.26. The Morgan fingerprint density at radius 2 is 1.38 bits per heavy atom. The fraction of sp³-hybridized carbons (Fsp3) is 0.236. The molecule has 0 amide bonds. The smallest absolute Gasteiger partial charge is 0.148 e. The van der Waals surface area contributed by atoms with Gasteiger partial charge in [-0.15, -0.1) is 29.3 Å². The van der Waals surface area contributed by atoms with Gasteiger partial charge in [0.25, 0.3) is 0 Å². The van der Waals surface area contributed by atoms with E-state index in [-0.39, 0.29) is 82.9 Å². The number of rotatable bonds is 6. The summed E-state index contributed by atoms with van der Waals surface area (Å²) in [6.07, 6.45) is 1.38. The molecule has 306 valence electrons. The first-order valence-electron chi connectivity index (χ1n) is 31.5. The van der Waals surface area contributed by atoms with Gasteiger partial charge >= 0.3 is 0 Å². The van der Waals surface area contributed by atoms with Crippen molar-refractivity contribution >= 4 is 11.0 Å². The normalized spacial score (nSPS) is 19.9. The SMILES string of the molecule is [2H]c1c([2H])c([2H])c(-c2ccnc(-c3[c-]c(-c4cccc5c4nc(-c4cc(C(C([2H])([2H])[2H])(C([2H])([2H])[2H])C([2H])([2H])[2H])cc(C(C([2H])([2H])[2H])(C([2H])([2H])[2H])C([2H])([2H])[2H])c4O)n5-c4ccc(-c5ccccc5)c(C([2H])([2H])[2H])c4)cc(C(C)(C)C)c3)c2)c([2H])c1[2H].[Pt]. The molecule has 0 bridgehead atoms. The van der Waals surface area contributed by atoms with E-state index in [4.69, 9.17) is 40.6 Å². The Hall–Kier alpha value is -5.57. The molecule has 0 aliphatic rings. The topological polar surface area (TPSA) is 50.9 Å². The molecular weight excluding hydrogens is 914 g/mol. The number of aromatic hydroxyl groups is 1. The summed E-state index contributed by atoms with van der Waals surface area (Å²) in [5, 5.41) is 12.9. The van der Waals surface area contributed by atoms with Gasteiger partial charge in [0.15, 0.2) is 0 Å². The molecule has 6 aromatic carbocycles. The van der Waals surface area contributed by atoms with Crippen molar-refractivity contribution in [2.75, 3.05) is 0 Å². The number of imidazole rings is 1. The van der Waals surface area contributed by atoms with Crippen LogP contribution in [0.25, 0.3) is 72.7 Å². The van der Waals surface area contributed by atoms with Crippen LogP contribution in [0.3, 0.4) is 0 Å². The molecule has 0 saturated carbocycles. The third-order valence-corrected chi connectivity index (χ3v) is 10.1. The number of aromatic nitrogens is 3. The number of phenols is 1. The number of nitrogens with zero attached hydrogens (tertiary/aromatic N) is 3. The van der Waals surface area contributed by atoms with E-state index >= 15 is 0 Å². The van der Waals surface area contributed by atoms with Gasteiger partial charge in [0, 0.05) is 73.0 Å². The van der Waals surface area contributed by atoms with Crippen LogP contribution in [0.4, 0.5) is 0 Å². The number of para-hydroxylation sites is 1. The molecule has 1 N–H and O–H groups in total. The first-order chi connectivity index (χ1) is 38.8. The van der Waals surface area contributed by atoms with Gasteiger partial charge in [-0.1, -0.05) is 164 Å². The maximum atomic E-state index is 12.9. The molecule has 0 fully saturated rings. The summed E-state index contributed by atoms with van der Waals surface area (Å²) in [4.78, 5) is 9.55. The zero-order valence-electron chi connectivity index (χ0n) is 58.5. The molecule has 2 aromatic heterocycles. The summed E-state index contributed by atoms with van der Waals surface area (Å²) in [6.45, 7) is -22.4. The van der Waals surface area contributed by atoms with Crippen LogP contribution in [0.2, 0.25) is 0 Å². The fourth-order valence-electron chi connectivity index (χ4n) is 7.02. The molecule has 2 heterocycles. The third kappa shape index (κ3) is 8.28. The van der Waals surface area contributed by atoms with E-state index in [0.717, 1.165) is 0 Å². The minimum Gasteiger partial charge on any atom is -0.507 e. The summed E-state index contributed by atoms with van der Waals surface area (Å²) >= 11 is 0. The quantitative estimate of drug-likeness (QED) is 0.169. The molecule has 0 spiro atoms. The Morgan fingerprint density at radius 1 is 0.650 bits per heavy atom. The Balaban J connectivity index is 0.0000106. The molecule has 0 aliphatic carbocycles. The molecule has 4 nitrogen and oxygen atoms in total. The maximum absolute atomic E-state index is 12.9. The molecular formula is C55H54N3OPt-. The predicted molar refractivity (Wildman–Crippen MR) is 247 cm³/mol. The molecule has 5 heteroatoms. The first kappa shape index (κ1) is 20.8. The Morgan fingerprint density at radius 3 is 2.10 bits per heavy atom. The van der Waals surface area contributed by atoms with Gasteiger partial charge < -0.3 is 5.11 Å². The predicted octanol–water partition coefficient (Wildman–Crippen LogP) is 14.5. The van der Waals surface area contributed by atoms with Crippen molar-refractivity contribution in [1.29, 1.82) is 0 Å². The molecule has 0 aliphatic heterocycles. The average molecular weight is 994 g/mol. The molecule has 8 aromatic rings. The fourth-order valence-corrected chi connectivity index (χ4v) is 7.02. The Kier molecular flexibility index (Phi) is 5.59. The van der Waals surface area contributed by atoms with Gasteiger partial charge in [0.2, 0.25) is 0 Å². The van der Waals surface area contributed by atoms with Gasteiger partial charge in [-0.3, -0.25) is 9.55 Å². The van der Waals surface area contributed by atoms with Gasteiger partial charge in [-0.05, 0) is 86.8 Å². The zero-order chi connectivity index (χ0) is 63.7. The van der Waals surface area contributed by atoms with Crippen molar-refractivity contribution in [3.8, 4) is 67.5 Å². The standard InChI is InChI=1S/C55H54N3O.Pt/c1-35-28-43(24-25-44(35)37-20-15-12-16-21-37)58-49-23-17-22-45(50(49)57-52(58)46-33-42(54(5,6)7)34-47(51(46)59)55(8,9)10)39-29-40(31-41(30-39)53(2,3)4)48-32-38(26-27-56-48)36-18-13-11-14-19-36;/h11-28,30-34,59H,1-10H3;/q-1;/i1D3,5D3,6D3,7D3,8D3,9D3,10D3,11D,13D,14D,18D,19D;. The van der Waals surface area contributed by atoms with E-state index in [1.165, 1.54) is 53.2 Å². The van der Waals surface area contributed by atoms with Gasteiger partial charge in [0.1, 0.15) is 11.6 Å². The van der Waals surface area contributed by atoms with Crippen LogP contribution in [0.1, 0.15) is 120 Å². The summed E-state index contributed by atoms with van der Waals surface area (Å²) in [5.41, 5.74) is -11.1. The Bertz CT molecular complexity index is 3820. The van der Waals surface area contributed by atoms with Crippen LogP contribution in [-0.2, 0) is 37.3 Å². The summed E-state index contributed by atoms with van der Waals surface area (Å²) in [6, 6.07) is 24.9. The molecule has 0 saturated heterocycles. The Labute approximate surface area is 407 Å². The van der Waals surface area contributed by atoms with Crippen molar-refractivity contribution in [2.24, 2.45) is 0 Å².